The molecule has 0 atom stereocenters. The van der Waals surface area contributed by atoms with E-state index in [2.05, 4.69) is 174 Å². The number of benzene rings is 7. The Bertz CT molecular complexity index is 2290. The lowest BCUT2D eigenvalue weighted by atomic mass is 9.41. The third-order valence-electron chi connectivity index (χ3n) is 10.00. The lowest BCUT2D eigenvalue weighted by Gasteiger charge is -2.49. The molecule has 0 saturated heterocycles. The fraction of sp³-hybridized carbons (Fsp3) is 0.0233. The molecule has 0 bridgehead atoms. The molecule has 46 heavy (non-hydrogen) atoms. The largest absolute Gasteiger partial charge is 0.376 e. The summed E-state index contributed by atoms with van der Waals surface area (Å²) in [5, 5.41) is 0. The van der Waals surface area contributed by atoms with Crippen LogP contribution in [0.1, 0.15) is 5.56 Å². The van der Waals surface area contributed by atoms with Gasteiger partial charge in [-0.3, -0.25) is 0 Å². The van der Waals surface area contributed by atoms with Gasteiger partial charge in [-0.1, -0.05) is 115 Å². The van der Waals surface area contributed by atoms with Crippen molar-refractivity contribution >= 4 is 46.2 Å². The zero-order valence-corrected chi connectivity index (χ0v) is 25.5. The first-order valence-electron chi connectivity index (χ1n) is 16.1. The first-order chi connectivity index (χ1) is 22.7. The van der Waals surface area contributed by atoms with Gasteiger partial charge in [-0.25, -0.2) is 0 Å². The van der Waals surface area contributed by atoms with Crippen LogP contribution in [-0.4, -0.2) is 6.85 Å². The number of aryl methyl sites for hydroxylation is 1. The van der Waals surface area contributed by atoms with Gasteiger partial charge < -0.3 is 9.71 Å². The van der Waals surface area contributed by atoms with Crippen LogP contribution < -0.4 is 20.6 Å². The third-order valence-corrected chi connectivity index (χ3v) is 10.00. The normalized spacial score (nSPS) is 13.2. The Hall–Kier alpha value is -5.80. The molecule has 7 aromatic rings. The molecule has 3 heterocycles. The molecule has 3 heteroatoms. The number of nitrogens with zero attached hydrogens (tertiary/aromatic N) is 2. The van der Waals surface area contributed by atoms with Crippen molar-refractivity contribution in [2.24, 2.45) is 0 Å². The molecule has 0 aliphatic carbocycles. The maximum atomic E-state index is 2.61. The van der Waals surface area contributed by atoms with E-state index in [0.29, 0.717) is 0 Å². The van der Waals surface area contributed by atoms with Gasteiger partial charge in [0.05, 0.1) is 0 Å². The molecule has 10 rings (SSSR count). The molecule has 0 amide bonds. The SMILES string of the molecule is Cc1ccc2c(c1)-c1cccc3c1B1c4c(cccc4N3c3cc(-c4ccccc4)cc(-c4ccccc4)c3)-c3ccccc3N12. The maximum absolute atomic E-state index is 2.61. The highest BCUT2D eigenvalue weighted by Crippen LogP contribution is 2.51. The first-order valence-corrected chi connectivity index (χ1v) is 16.1. The lowest BCUT2D eigenvalue weighted by molar-refractivity contribution is 1.26. The summed E-state index contributed by atoms with van der Waals surface area (Å²) in [6.07, 6.45) is 0. The number of para-hydroxylation sites is 1. The quantitative estimate of drug-likeness (QED) is 0.191. The van der Waals surface area contributed by atoms with E-state index in [9.17, 15) is 0 Å². The maximum Gasteiger partial charge on any atom is 0.333 e. The number of fused-ring (bicyclic) bond motifs is 6. The Kier molecular flexibility index (Phi) is 5.33. The molecule has 0 unspecified atom stereocenters. The zero-order valence-electron chi connectivity index (χ0n) is 25.5. The van der Waals surface area contributed by atoms with Crippen molar-refractivity contribution in [3.63, 3.8) is 0 Å². The van der Waals surface area contributed by atoms with Gasteiger partial charge in [0.15, 0.2) is 0 Å². The Morgan fingerprint density at radius 2 is 0.913 bits per heavy atom. The van der Waals surface area contributed by atoms with Crippen molar-refractivity contribution in [1.82, 2.24) is 0 Å². The average molecular weight is 585 g/mol. The lowest BCUT2D eigenvalue weighted by Crippen LogP contribution is -2.63. The van der Waals surface area contributed by atoms with Crippen molar-refractivity contribution in [1.29, 1.82) is 0 Å². The highest BCUT2D eigenvalue weighted by molar-refractivity contribution is 6.95. The topological polar surface area (TPSA) is 6.48 Å². The van der Waals surface area contributed by atoms with Gasteiger partial charge in [0.2, 0.25) is 0 Å². The zero-order chi connectivity index (χ0) is 30.4. The second kappa shape index (κ2) is 9.60. The van der Waals surface area contributed by atoms with Crippen molar-refractivity contribution in [2.75, 3.05) is 9.71 Å². The fourth-order valence-corrected chi connectivity index (χ4v) is 8.08. The van der Waals surface area contributed by atoms with Gasteiger partial charge >= 0.3 is 6.85 Å². The summed E-state index contributed by atoms with van der Waals surface area (Å²) in [7, 11) is 0. The molecule has 0 fully saturated rings. The van der Waals surface area contributed by atoms with Crippen LogP contribution in [0.2, 0.25) is 0 Å². The molecule has 214 valence electrons. The van der Waals surface area contributed by atoms with Crippen LogP contribution in [-0.2, 0) is 0 Å². The molecule has 0 radical (unpaired) electrons. The molecular weight excluding hydrogens is 555 g/mol. The summed E-state index contributed by atoms with van der Waals surface area (Å²) in [5.41, 5.74) is 20.3. The highest BCUT2D eigenvalue weighted by atomic mass is 15.2. The Labute approximate surface area is 269 Å². The predicted molar refractivity (Wildman–Crippen MR) is 195 cm³/mol. The van der Waals surface area contributed by atoms with Crippen LogP contribution in [0.5, 0.6) is 0 Å². The number of anilines is 5. The second-order valence-electron chi connectivity index (χ2n) is 12.6. The smallest absolute Gasteiger partial charge is 0.333 e. The highest BCUT2D eigenvalue weighted by Gasteiger charge is 2.48. The van der Waals surface area contributed by atoms with Crippen LogP contribution in [0.4, 0.5) is 28.4 Å². The third kappa shape index (κ3) is 3.54. The van der Waals surface area contributed by atoms with Gasteiger partial charge in [-0.15, -0.1) is 0 Å². The second-order valence-corrected chi connectivity index (χ2v) is 12.6. The summed E-state index contributed by atoms with van der Waals surface area (Å²) >= 11 is 0. The summed E-state index contributed by atoms with van der Waals surface area (Å²) in [6, 6.07) is 58.3. The Morgan fingerprint density at radius 3 is 1.57 bits per heavy atom. The van der Waals surface area contributed by atoms with E-state index in [4.69, 9.17) is 0 Å². The molecule has 0 aromatic heterocycles. The number of hydrogen-bond acceptors (Lipinski definition) is 2. The minimum Gasteiger partial charge on any atom is -0.376 e. The van der Waals surface area contributed by atoms with Gasteiger partial charge in [-0.2, -0.15) is 0 Å². The van der Waals surface area contributed by atoms with Gasteiger partial charge in [0, 0.05) is 39.6 Å². The van der Waals surface area contributed by atoms with Crippen LogP contribution in [0.15, 0.2) is 158 Å². The summed E-state index contributed by atoms with van der Waals surface area (Å²) in [4.78, 5) is 5.13. The van der Waals surface area contributed by atoms with E-state index >= 15 is 0 Å². The molecule has 3 aliphatic heterocycles. The van der Waals surface area contributed by atoms with E-state index in [0.717, 1.165) is 0 Å². The molecule has 3 aliphatic rings. The van der Waals surface area contributed by atoms with Crippen LogP contribution in [0.25, 0.3) is 44.5 Å². The van der Waals surface area contributed by atoms with Crippen LogP contribution in [0.3, 0.4) is 0 Å². The standard InChI is InChI=1S/C43H29BN2/c1-28-22-23-39-37(24-28)36-18-11-21-41-43(36)44-42-35(34-16-8-9-19-38(34)46(39)44)17-10-20-40(42)45(41)33-26-31(29-12-4-2-5-13-29)25-32(27-33)30-14-6-3-7-15-30/h2-27H,1H3. The summed E-state index contributed by atoms with van der Waals surface area (Å²) in [5.74, 6) is 0. The van der Waals surface area contributed by atoms with Gasteiger partial charge in [-0.05, 0) is 99.8 Å². The average Bonchev–Trinajstić information content (AvgIpc) is 3.12. The van der Waals surface area contributed by atoms with Gasteiger partial charge in [0.25, 0.3) is 0 Å². The molecule has 0 N–H and O–H groups in total. The van der Waals surface area contributed by atoms with Crippen molar-refractivity contribution in [2.45, 2.75) is 6.92 Å². The van der Waals surface area contributed by atoms with E-state index in [-0.39, 0.29) is 6.85 Å². The summed E-state index contributed by atoms with van der Waals surface area (Å²) in [6.45, 7) is 2.29. The molecule has 0 saturated carbocycles. The van der Waals surface area contributed by atoms with Gasteiger partial charge in [0.1, 0.15) is 0 Å². The predicted octanol–water partition coefficient (Wildman–Crippen LogP) is 10.0. The van der Waals surface area contributed by atoms with Crippen molar-refractivity contribution in [3.8, 4) is 44.5 Å². The minimum atomic E-state index is 0.0876. The van der Waals surface area contributed by atoms with E-state index in [1.165, 1.54) is 89.4 Å². The molecular formula is C43H29BN2. The number of rotatable bonds is 3. The first kappa shape index (κ1) is 25.5. The van der Waals surface area contributed by atoms with E-state index in [1.54, 1.807) is 0 Å². The minimum absolute atomic E-state index is 0.0876. The molecule has 2 nitrogen and oxygen atoms in total. The summed E-state index contributed by atoms with van der Waals surface area (Å²) < 4.78 is 0. The number of hydrogen-bond donors (Lipinski definition) is 0. The van der Waals surface area contributed by atoms with E-state index in [1.807, 2.05) is 0 Å². The fourth-order valence-electron chi connectivity index (χ4n) is 8.08. The van der Waals surface area contributed by atoms with E-state index < -0.39 is 0 Å². The molecule has 0 spiro atoms. The monoisotopic (exact) mass is 584 g/mol. The van der Waals surface area contributed by atoms with Crippen molar-refractivity contribution in [3.05, 3.63) is 163 Å². The van der Waals surface area contributed by atoms with Crippen LogP contribution in [0, 0.1) is 6.92 Å². The van der Waals surface area contributed by atoms with Crippen LogP contribution >= 0.6 is 0 Å². The Morgan fingerprint density at radius 1 is 0.391 bits per heavy atom. The Balaban J connectivity index is 1.32. The molecule has 7 aromatic carbocycles. The van der Waals surface area contributed by atoms with Crippen molar-refractivity contribution < 1.29 is 0 Å².